The van der Waals surface area contributed by atoms with E-state index < -0.39 is 17.6 Å². The van der Waals surface area contributed by atoms with E-state index in [1.807, 2.05) is 0 Å². The number of benzene rings is 2. The minimum Gasteiger partial charge on any atom is -0.376 e. The monoisotopic (exact) mass is 370 g/mol. The van der Waals surface area contributed by atoms with Gasteiger partial charge in [0.1, 0.15) is 0 Å². The highest BCUT2D eigenvalue weighted by Crippen LogP contribution is 2.33. The molecular formula is C17H14ClF3N2O2. The van der Waals surface area contributed by atoms with Crippen LogP contribution in [0.25, 0.3) is 0 Å². The minimum atomic E-state index is -4.54. The van der Waals surface area contributed by atoms with Gasteiger partial charge in [-0.05, 0) is 37.3 Å². The first-order valence-corrected chi connectivity index (χ1v) is 7.56. The van der Waals surface area contributed by atoms with Crippen LogP contribution in [0.5, 0.6) is 0 Å². The van der Waals surface area contributed by atoms with Gasteiger partial charge in [-0.15, -0.1) is 0 Å². The molecule has 0 saturated carbocycles. The van der Waals surface area contributed by atoms with Gasteiger partial charge in [-0.2, -0.15) is 13.2 Å². The molecule has 132 valence electrons. The zero-order valence-corrected chi connectivity index (χ0v) is 13.8. The van der Waals surface area contributed by atoms with Crippen LogP contribution in [0.15, 0.2) is 42.5 Å². The molecule has 0 heterocycles. The Hall–Kier alpha value is -2.54. The van der Waals surface area contributed by atoms with Crippen LogP contribution in [0, 0.1) is 0 Å². The van der Waals surface area contributed by atoms with Crippen molar-refractivity contribution in [3.8, 4) is 0 Å². The number of hydrogen-bond donors (Lipinski definition) is 2. The lowest BCUT2D eigenvalue weighted by molar-refractivity contribution is -0.137. The van der Waals surface area contributed by atoms with Gasteiger partial charge in [0.05, 0.1) is 22.8 Å². The number of para-hydroxylation sites is 1. The van der Waals surface area contributed by atoms with Crippen LogP contribution in [0.2, 0.25) is 5.02 Å². The van der Waals surface area contributed by atoms with Crippen molar-refractivity contribution in [3.63, 3.8) is 0 Å². The highest BCUT2D eigenvalue weighted by atomic mass is 35.5. The molecule has 0 spiro atoms. The lowest BCUT2D eigenvalue weighted by Crippen LogP contribution is -2.23. The summed E-state index contributed by atoms with van der Waals surface area (Å²) in [5, 5.41) is 5.10. The molecule has 0 atom stereocenters. The molecule has 0 saturated heterocycles. The lowest BCUT2D eigenvalue weighted by Gasteiger charge is -2.13. The van der Waals surface area contributed by atoms with Crippen molar-refractivity contribution < 1.29 is 22.8 Å². The third-order valence-electron chi connectivity index (χ3n) is 3.31. The van der Waals surface area contributed by atoms with E-state index >= 15 is 0 Å². The largest absolute Gasteiger partial charge is 0.416 e. The first-order chi connectivity index (χ1) is 11.7. The number of Topliss-reactive ketones (excluding diaryl/α,β-unsaturated/α-hetero) is 1. The average molecular weight is 371 g/mol. The maximum atomic E-state index is 12.7. The van der Waals surface area contributed by atoms with Crippen LogP contribution in [0.3, 0.4) is 0 Å². The number of carbonyl (C=O) groups excluding carboxylic acids is 2. The third kappa shape index (κ3) is 4.96. The maximum Gasteiger partial charge on any atom is 0.416 e. The molecule has 2 N–H and O–H groups in total. The Bertz CT molecular complexity index is 807. The van der Waals surface area contributed by atoms with Crippen molar-refractivity contribution in [2.75, 3.05) is 17.2 Å². The van der Waals surface area contributed by atoms with Gasteiger partial charge in [-0.25, -0.2) is 0 Å². The normalized spacial score (nSPS) is 11.1. The van der Waals surface area contributed by atoms with Crippen LogP contribution < -0.4 is 10.6 Å². The quantitative estimate of drug-likeness (QED) is 0.755. The Morgan fingerprint density at radius 2 is 1.76 bits per heavy atom. The minimum absolute atomic E-state index is 0.00881. The van der Waals surface area contributed by atoms with E-state index in [-0.39, 0.29) is 23.0 Å². The van der Waals surface area contributed by atoms with E-state index in [1.165, 1.54) is 6.92 Å². The molecule has 4 nitrogen and oxygen atoms in total. The Morgan fingerprint density at radius 1 is 1.08 bits per heavy atom. The van der Waals surface area contributed by atoms with Crippen molar-refractivity contribution >= 4 is 34.7 Å². The van der Waals surface area contributed by atoms with Gasteiger partial charge in [0.2, 0.25) is 5.91 Å². The molecule has 0 aliphatic rings. The van der Waals surface area contributed by atoms with Gasteiger partial charge in [-0.3, -0.25) is 9.59 Å². The van der Waals surface area contributed by atoms with Crippen LogP contribution >= 0.6 is 11.6 Å². The summed E-state index contributed by atoms with van der Waals surface area (Å²) >= 11 is 5.83. The second-order valence-electron chi connectivity index (χ2n) is 5.20. The molecular weight excluding hydrogens is 357 g/mol. The molecule has 0 aromatic heterocycles. The predicted octanol–water partition coefficient (Wildman–Crippen LogP) is 4.61. The van der Waals surface area contributed by atoms with Gasteiger partial charge < -0.3 is 10.6 Å². The second kappa shape index (κ2) is 7.57. The van der Waals surface area contributed by atoms with Gasteiger partial charge >= 0.3 is 6.18 Å². The molecule has 1 amide bonds. The summed E-state index contributed by atoms with van der Waals surface area (Å²) in [5.41, 5.74) is -0.182. The van der Waals surface area contributed by atoms with Gasteiger partial charge in [0.25, 0.3) is 0 Å². The first-order valence-electron chi connectivity index (χ1n) is 7.19. The third-order valence-corrected chi connectivity index (χ3v) is 3.64. The van der Waals surface area contributed by atoms with Crippen LogP contribution in [-0.4, -0.2) is 18.2 Å². The van der Waals surface area contributed by atoms with Gasteiger partial charge in [0.15, 0.2) is 5.78 Å². The number of nitrogens with one attached hydrogen (secondary N) is 2. The molecule has 25 heavy (non-hydrogen) atoms. The fourth-order valence-corrected chi connectivity index (χ4v) is 2.28. The SMILES string of the molecule is CC(=O)c1ccccc1NCC(=O)Nc1cc(C(F)(F)F)ccc1Cl. The summed E-state index contributed by atoms with van der Waals surface area (Å²) in [7, 11) is 0. The Kier molecular flexibility index (Phi) is 5.69. The van der Waals surface area contributed by atoms with Gasteiger partial charge in [0, 0.05) is 11.3 Å². The number of amides is 1. The topological polar surface area (TPSA) is 58.2 Å². The average Bonchev–Trinajstić information content (AvgIpc) is 2.54. The fourth-order valence-electron chi connectivity index (χ4n) is 2.11. The van der Waals surface area contributed by atoms with Crippen LogP contribution in [-0.2, 0) is 11.0 Å². The van der Waals surface area contributed by atoms with E-state index in [0.717, 1.165) is 18.2 Å². The summed E-state index contributed by atoms with van der Waals surface area (Å²) in [6, 6.07) is 9.27. The van der Waals surface area contributed by atoms with Gasteiger partial charge in [-0.1, -0.05) is 23.7 Å². The summed E-state index contributed by atoms with van der Waals surface area (Å²) < 4.78 is 38.2. The number of alkyl halides is 3. The summed E-state index contributed by atoms with van der Waals surface area (Å²) in [6.45, 7) is 1.15. The zero-order chi connectivity index (χ0) is 18.6. The van der Waals surface area contributed by atoms with E-state index in [0.29, 0.717) is 11.3 Å². The standard InChI is InChI=1S/C17H14ClF3N2O2/c1-10(24)12-4-2-3-5-14(12)22-9-16(25)23-15-8-11(17(19,20)21)6-7-13(15)18/h2-8,22H,9H2,1H3,(H,23,25). The Labute approximate surface area is 147 Å². The molecule has 0 aliphatic heterocycles. The molecule has 2 rings (SSSR count). The molecule has 8 heteroatoms. The van der Waals surface area contributed by atoms with Crippen molar-refractivity contribution in [1.29, 1.82) is 0 Å². The molecule has 2 aromatic carbocycles. The molecule has 0 radical (unpaired) electrons. The number of hydrogen-bond acceptors (Lipinski definition) is 3. The highest BCUT2D eigenvalue weighted by Gasteiger charge is 2.31. The van der Waals surface area contributed by atoms with E-state index in [9.17, 15) is 22.8 Å². The lowest BCUT2D eigenvalue weighted by atomic mass is 10.1. The highest BCUT2D eigenvalue weighted by molar-refractivity contribution is 6.33. The number of halogens is 4. The number of rotatable bonds is 5. The molecule has 0 fully saturated rings. The smallest absolute Gasteiger partial charge is 0.376 e. The van der Waals surface area contributed by atoms with E-state index in [4.69, 9.17) is 11.6 Å². The predicted molar refractivity (Wildman–Crippen MR) is 90.0 cm³/mol. The molecule has 0 aliphatic carbocycles. The number of carbonyl (C=O) groups is 2. The van der Waals surface area contributed by atoms with E-state index in [1.54, 1.807) is 24.3 Å². The summed E-state index contributed by atoms with van der Waals surface area (Å²) in [6.07, 6.45) is -4.54. The molecule has 0 unspecified atom stereocenters. The molecule has 0 bridgehead atoms. The number of ketones is 1. The second-order valence-corrected chi connectivity index (χ2v) is 5.60. The van der Waals surface area contributed by atoms with Crippen LogP contribution in [0.1, 0.15) is 22.8 Å². The Morgan fingerprint density at radius 3 is 2.40 bits per heavy atom. The van der Waals surface area contributed by atoms with Crippen molar-refractivity contribution in [2.45, 2.75) is 13.1 Å². The van der Waals surface area contributed by atoms with Crippen molar-refractivity contribution in [1.82, 2.24) is 0 Å². The number of anilines is 2. The molecule has 2 aromatic rings. The summed E-state index contributed by atoms with van der Waals surface area (Å²) in [5.74, 6) is -0.774. The maximum absolute atomic E-state index is 12.7. The fraction of sp³-hybridized carbons (Fsp3) is 0.176. The Balaban J connectivity index is 2.08. The van der Waals surface area contributed by atoms with Crippen LogP contribution in [0.4, 0.5) is 24.5 Å². The summed E-state index contributed by atoms with van der Waals surface area (Å²) in [4.78, 5) is 23.5. The zero-order valence-electron chi connectivity index (χ0n) is 13.1. The van der Waals surface area contributed by atoms with Crippen molar-refractivity contribution in [2.24, 2.45) is 0 Å². The van der Waals surface area contributed by atoms with Crippen molar-refractivity contribution in [3.05, 3.63) is 58.6 Å². The van der Waals surface area contributed by atoms with E-state index in [2.05, 4.69) is 10.6 Å². The first kappa shape index (κ1) is 18.8.